The average Bonchev–Trinajstić information content (AvgIpc) is 3.41. The van der Waals surface area contributed by atoms with E-state index in [4.69, 9.17) is 15.4 Å². The van der Waals surface area contributed by atoms with Gasteiger partial charge < -0.3 is 20.0 Å². The molecular weight excluding hydrogens is 425 g/mol. The Hall–Kier alpha value is -3.48. The molecule has 2 saturated heterocycles. The summed E-state index contributed by atoms with van der Waals surface area (Å²) in [6, 6.07) is 6.72. The van der Waals surface area contributed by atoms with Crippen molar-refractivity contribution >= 4 is 17.5 Å². The Bertz CT molecular complexity index is 1070. The van der Waals surface area contributed by atoms with Gasteiger partial charge in [0, 0.05) is 37.3 Å². The Morgan fingerprint density at radius 2 is 1.94 bits per heavy atom. The Morgan fingerprint density at radius 3 is 2.50 bits per heavy atom. The molecule has 2 N–H and O–H groups in total. The van der Waals surface area contributed by atoms with E-state index < -0.39 is 34.5 Å². The quantitative estimate of drug-likeness (QED) is 0.781. The van der Waals surface area contributed by atoms with E-state index in [2.05, 4.69) is 0 Å². The van der Waals surface area contributed by atoms with E-state index in [1.807, 2.05) is 0 Å². The number of furan rings is 1. The van der Waals surface area contributed by atoms with Crippen LogP contribution < -0.4 is 10.6 Å². The number of alkyl halides is 3. The fraction of sp³-hybridized carbons (Fsp3) is 0.409. The van der Waals surface area contributed by atoms with E-state index >= 15 is 0 Å². The molecule has 1 spiro atoms. The maximum absolute atomic E-state index is 13.4. The number of halogens is 3. The summed E-state index contributed by atoms with van der Waals surface area (Å²) in [7, 11) is 0. The minimum Gasteiger partial charge on any atom is -0.472 e. The third-order valence-electron chi connectivity index (χ3n) is 6.60. The van der Waals surface area contributed by atoms with Gasteiger partial charge in [-0.15, -0.1) is 0 Å². The summed E-state index contributed by atoms with van der Waals surface area (Å²) in [5.41, 5.74) is 4.42. The van der Waals surface area contributed by atoms with Gasteiger partial charge in [-0.05, 0) is 37.1 Å². The number of carbonyl (C=O) groups is 2. The molecule has 7 nitrogen and oxygen atoms in total. The van der Waals surface area contributed by atoms with E-state index in [1.165, 1.54) is 18.6 Å². The molecule has 0 aliphatic carbocycles. The smallest absolute Gasteiger partial charge is 0.417 e. The van der Waals surface area contributed by atoms with Crippen molar-refractivity contribution in [1.82, 2.24) is 4.90 Å². The fourth-order valence-corrected chi connectivity index (χ4v) is 4.85. The normalized spacial score (nSPS) is 20.4. The molecule has 10 heteroatoms. The second-order valence-corrected chi connectivity index (χ2v) is 8.34. The summed E-state index contributed by atoms with van der Waals surface area (Å²) in [5.74, 6) is -1.23. The van der Waals surface area contributed by atoms with Gasteiger partial charge in [0.25, 0.3) is 5.91 Å². The van der Waals surface area contributed by atoms with Gasteiger partial charge in [0.2, 0.25) is 5.91 Å². The van der Waals surface area contributed by atoms with Gasteiger partial charge in [-0.2, -0.15) is 18.4 Å². The van der Waals surface area contributed by atoms with Crippen LogP contribution >= 0.6 is 0 Å². The van der Waals surface area contributed by atoms with E-state index in [-0.39, 0.29) is 18.1 Å². The number of benzene rings is 1. The monoisotopic (exact) mass is 446 g/mol. The van der Waals surface area contributed by atoms with Crippen LogP contribution in [0.15, 0.2) is 41.2 Å². The number of anilines is 1. The van der Waals surface area contributed by atoms with Crippen LogP contribution in [-0.4, -0.2) is 42.9 Å². The number of likely N-dealkylation sites (tertiary alicyclic amines) is 1. The van der Waals surface area contributed by atoms with Gasteiger partial charge in [-0.1, -0.05) is 0 Å². The Labute approximate surface area is 182 Å². The first-order valence-electron chi connectivity index (χ1n) is 10.1. The molecule has 2 aliphatic rings. The third-order valence-corrected chi connectivity index (χ3v) is 6.60. The maximum atomic E-state index is 13.4. The molecule has 3 heterocycles. The van der Waals surface area contributed by atoms with Gasteiger partial charge in [-0.25, -0.2) is 0 Å². The third kappa shape index (κ3) is 3.79. The first-order valence-corrected chi connectivity index (χ1v) is 10.1. The lowest BCUT2D eigenvalue weighted by Gasteiger charge is -2.41. The lowest BCUT2D eigenvalue weighted by atomic mass is 9.70. The fourth-order valence-electron chi connectivity index (χ4n) is 4.85. The SMILES string of the molecule is N#Cc1ccc(N2CC(C(N)=O)C3(CCN(C(=O)c4ccoc4)CC3)C2)cc1C(F)(F)F. The van der Waals surface area contributed by atoms with Crippen molar-refractivity contribution in [2.24, 2.45) is 17.1 Å². The molecule has 2 aliphatic heterocycles. The molecular formula is C22H21F3N4O3. The minimum absolute atomic E-state index is 0.166. The molecule has 4 rings (SSSR count). The van der Waals surface area contributed by atoms with Crippen LogP contribution in [0.25, 0.3) is 0 Å². The van der Waals surface area contributed by atoms with Crippen molar-refractivity contribution in [2.45, 2.75) is 19.0 Å². The van der Waals surface area contributed by atoms with Crippen LogP contribution in [0, 0.1) is 22.7 Å². The zero-order chi connectivity index (χ0) is 23.1. The summed E-state index contributed by atoms with van der Waals surface area (Å²) in [6.45, 7) is 1.34. The molecule has 0 saturated carbocycles. The highest BCUT2D eigenvalue weighted by atomic mass is 19.4. The maximum Gasteiger partial charge on any atom is 0.417 e. The Balaban J connectivity index is 1.56. The highest BCUT2D eigenvalue weighted by Gasteiger charge is 2.51. The van der Waals surface area contributed by atoms with Crippen molar-refractivity contribution in [3.05, 3.63) is 53.5 Å². The van der Waals surface area contributed by atoms with E-state index in [0.29, 0.717) is 38.0 Å². The number of piperidine rings is 1. The summed E-state index contributed by atoms with van der Waals surface area (Å²) >= 11 is 0. The summed E-state index contributed by atoms with van der Waals surface area (Å²) in [4.78, 5) is 28.3. The highest BCUT2D eigenvalue weighted by Crippen LogP contribution is 2.47. The van der Waals surface area contributed by atoms with Crippen molar-refractivity contribution in [3.63, 3.8) is 0 Å². The van der Waals surface area contributed by atoms with Crippen LogP contribution in [0.4, 0.5) is 18.9 Å². The molecule has 1 unspecified atom stereocenters. The van der Waals surface area contributed by atoms with E-state index in [9.17, 15) is 22.8 Å². The van der Waals surface area contributed by atoms with Crippen molar-refractivity contribution in [1.29, 1.82) is 5.26 Å². The predicted molar refractivity (Wildman–Crippen MR) is 107 cm³/mol. The van der Waals surface area contributed by atoms with Crippen LogP contribution in [0.5, 0.6) is 0 Å². The lowest BCUT2D eigenvalue weighted by molar-refractivity contribution is -0.137. The molecule has 2 amide bonds. The van der Waals surface area contributed by atoms with Crippen molar-refractivity contribution in [3.8, 4) is 6.07 Å². The van der Waals surface area contributed by atoms with Crippen molar-refractivity contribution < 1.29 is 27.2 Å². The van der Waals surface area contributed by atoms with E-state index in [0.717, 1.165) is 12.1 Å². The zero-order valence-electron chi connectivity index (χ0n) is 17.1. The van der Waals surface area contributed by atoms with Crippen LogP contribution in [-0.2, 0) is 11.0 Å². The lowest BCUT2D eigenvalue weighted by Crippen LogP contribution is -2.49. The standard InChI is InChI=1S/C22H21F3N4O3/c23-22(24,25)17-9-16(2-1-14(17)10-26)29-11-18(19(27)30)21(13-29)4-6-28(7-5-21)20(31)15-3-8-32-12-15/h1-3,8-9,12,18H,4-7,11,13H2,(H2,27,30). The predicted octanol–water partition coefficient (Wildman–Crippen LogP) is 3.01. The first-order chi connectivity index (χ1) is 15.1. The molecule has 2 fully saturated rings. The van der Waals surface area contributed by atoms with Gasteiger partial charge >= 0.3 is 6.18 Å². The molecule has 0 radical (unpaired) electrons. The average molecular weight is 446 g/mol. The molecule has 168 valence electrons. The summed E-state index contributed by atoms with van der Waals surface area (Å²) < 4.78 is 45.2. The highest BCUT2D eigenvalue weighted by molar-refractivity contribution is 5.94. The minimum atomic E-state index is -4.67. The number of amides is 2. The van der Waals surface area contributed by atoms with Gasteiger partial charge in [-0.3, -0.25) is 9.59 Å². The molecule has 1 aromatic heterocycles. The number of nitrogens with zero attached hydrogens (tertiary/aromatic N) is 3. The molecule has 1 atom stereocenters. The second kappa shape index (κ2) is 7.89. The number of hydrogen-bond donors (Lipinski definition) is 1. The van der Waals surface area contributed by atoms with E-state index in [1.54, 1.807) is 21.9 Å². The Kier molecular flexibility index (Phi) is 5.36. The van der Waals surface area contributed by atoms with Crippen molar-refractivity contribution in [2.75, 3.05) is 31.1 Å². The van der Waals surface area contributed by atoms with Crippen LogP contribution in [0.2, 0.25) is 0 Å². The number of nitriles is 1. The second-order valence-electron chi connectivity index (χ2n) is 8.34. The van der Waals surface area contributed by atoms with Crippen LogP contribution in [0.1, 0.15) is 34.3 Å². The number of hydrogen-bond acceptors (Lipinski definition) is 5. The van der Waals surface area contributed by atoms with Gasteiger partial charge in [0.15, 0.2) is 0 Å². The van der Waals surface area contributed by atoms with Crippen LogP contribution in [0.3, 0.4) is 0 Å². The number of primary amides is 1. The topological polar surface area (TPSA) is 104 Å². The molecule has 2 aromatic rings. The van der Waals surface area contributed by atoms with Gasteiger partial charge in [0.05, 0.1) is 34.9 Å². The molecule has 1 aromatic carbocycles. The summed E-state index contributed by atoms with van der Waals surface area (Å²) in [6.07, 6.45) is -0.866. The number of carbonyl (C=O) groups excluding carboxylic acids is 2. The first kappa shape index (κ1) is 21.7. The zero-order valence-corrected chi connectivity index (χ0v) is 17.1. The van der Waals surface area contributed by atoms with Gasteiger partial charge in [0.1, 0.15) is 6.26 Å². The molecule has 32 heavy (non-hydrogen) atoms. The largest absolute Gasteiger partial charge is 0.472 e. The molecule has 0 bridgehead atoms. The number of rotatable bonds is 3. The number of nitrogens with two attached hydrogens (primary N) is 1. The summed E-state index contributed by atoms with van der Waals surface area (Å²) in [5, 5.41) is 9.03. The Morgan fingerprint density at radius 1 is 1.22 bits per heavy atom.